The Hall–Kier alpha value is -1.64. The van der Waals surface area contributed by atoms with Crippen LogP contribution in [0, 0.1) is 0 Å². The number of benzene rings is 1. The van der Waals surface area contributed by atoms with Gasteiger partial charge in [0.05, 0.1) is 5.41 Å². The van der Waals surface area contributed by atoms with Crippen molar-refractivity contribution in [2.24, 2.45) is 0 Å². The lowest BCUT2D eigenvalue weighted by atomic mass is 9.95. The summed E-state index contributed by atoms with van der Waals surface area (Å²) >= 11 is 0. The van der Waals surface area contributed by atoms with Crippen LogP contribution in [0.25, 0.3) is 0 Å². The fraction of sp³-hybridized carbons (Fsp3) is 0.273. The summed E-state index contributed by atoms with van der Waals surface area (Å²) in [4.78, 5) is 4.15. The summed E-state index contributed by atoms with van der Waals surface area (Å²) in [5, 5.41) is 3.94. The second kappa shape index (κ2) is 2.67. The minimum atomic E-state index is 0.0499. The molecule has 1 aliphatic carbocycles. The molecule has 1 saturated carbocycles. The first-order valence-corrected chi connectivity index (χ1v) is 4.74. The second-order valence-electron chi connectivity index (χ2n) is 3.70. The monoisotopic (exact) mass is 186 g/mol. The van der Waals surface area contributed by atoms with E-state index in [1.165, 1.54) is 12.0 Å². The maximum Gasteiger partial charge on any atom is 0.213 e. The average molecular weight is 186 g/mol. The Bertz CT molecular complexity index is 418. The molecule has 2 aromatic rings. The van der Waals surface area contributed by atoms with Crippen molar-refractivity contribution >= 4 is 0 Å². The van der Waals surface area contributed by atoms with Crippen LogP contribution in [0.4, 0.5) is 0 Å². The molecule has 3 rings (SSSR count). The van der Waals surface area contributed by atoms with Crippen molar-refractivity contribution in [1.82, 2.24) is 10.1 Å². The molecular formula is C11H10N2O. The first kappa shape index (κ1) is 7.74. The van der Waals surface area contributed by atoms with E-state index in [0.29, 0.717) is 0 Å². The van der Waals surface area contributed by atoms with Crippen molar-refractivity contribution in [2.75, 3.05) is 0 Å². The van der Waals surface area contributed by atoms with Crippen LogP contribution in [0.3, 0.4) is 0 Å². The summed E-state index contributed by atoms with van der Waals surface area (Å²) < 4.78 is 4.80. The minimum absolute atomic E-state index is 0.0499. The number of hydrogen-bond acceptors (Lipinski definition) is 3. The van der Waals surface area contributed by atoms with Gasteiger partial charge in [-0.2, -0.15) is 4.98 Å². The van der Waals surface area contributed by atoms with Crippen molar-refractivity contribution < 1.29 is 4.52 Å². The van der Waals surface area contributed by atoms with Gasteiger partial charge < -0.3 is 4.52 Å². The molecule has 0 saturated heterocycles. The van der Waals surface area contributed by atoms with E-state index in [1.807, 2.05) is 6.07 Å². The molecule has 3 nitrogen and oxygen atoms in total. The molecule has 3 heteroatoms. The lowest BCUT2D eigenvalue weighted by Crippen LogP contribution is -2.10. The first-order chi connectivity index (χ1) is 6.92. The number of nitrogens with zero attached hydrogens (tertiary/aromatic N) is 2. The van der Waals surface area contributed by atoms with E-state index in [2.05, 4.69) is 34.4 Å². The van der Waals surface area contributed by atoms with Crippen LogP contribution in [-0.4, -0.2) is 10.1 Å². The fourth-order valence-corrected chi connectivity index (χ4v) is 1.91. The molecule has 0 unspecified atom stereocenters. The third kappa shape index (κ3) is 0.985. The van der Waals surface area contributed by atoms with Gasteiger partial charge in [-0.3, -0.25) is 0 Å². The van der Waals surface area contributed by atoms with Crippen LogP contribution in [0.15, 0.2) is 41.2 Å². The van der Waals surface area contributed by atoms with Gasteiger partial charge >= 0.3 is 0 Å². The van der Waals surface area contributed by atoms with Crippen LogP contribution >= 0.6 is 0 Å². The Labute approximate surface area is 81.8 Å². The zero-order valence-electron chi connectivity index (χ0n) is 7.68. The summed E-state index contributed by atoms with van der Waals surface area (Å²) in [7, 11) is 0. The third-order valence-corrected chi connectivity index (χ3v) is 2.87. The van der Waals surface area contributed by atoms with E-state index in [9.17, 15) is 0 Å². The van der Waals surface area contributed by atoms with Gasteiger partial charge in [0, 0.05) is 0 Å². The molecule has 1 heterocycles. The van der Waals surface area contributed by atoms with Gasteiger partial charge in [-0.25, -0.2) is 0 Å². The highest BCUT2D eigenvalue weighted by molar-refractivity contribution is 5.38. The molecule has 0 N–H and O–H groups in total. The molecule has 1 fully saturated rings. The zero-order valence-corrected chi connectivity index (χ0v) is 7.68. The lowest BCUT2D eigenvalue weighted by molar-refractivity contribution is 0.406. The topological polar surface area (TPSA) is 38.9 Å². The largest absolute Gasteiger partial charge is 0.343 e. The number of hydrogen-bond donors (Lipinski definition) is 0. The molecule has 14 heavy (non-hydrogen) atoms. The van der Waals surface area contributed by atoms with E-state index in [1.54, 1.807) is 0 Å². The summed E-state index contributed by atoms with van der Waals surface area (Å²) in [5.41, 5.74) is 1.34. The minimum Gasteiger partial charge on any atom is -0.343 e. The Morgan fingerprint density at radius 1 is 1.14 bits per heavy atom. The van der Waals surface area contributed by atoms with E-state index >= 15 is 0 Å². The lowest BCUT2D eigenvalue weighted by Gasteiger charge is -2.09. The highest BCUT2D eigenvalue weighted by atomic mass is 16.5. The summed E-state index contributed by atoms with van der Waals surface area (Å²) in [6.45, 7) is 0. The van der Waals surface area contributed by atoms with Gasteiger partial charge in [-0.05, 0) is 18.4 Å². The summed E-state index contributed by atoms with van der Waals surface area (Å²) in [6, 6.07) is 10.4. The SMILES string of the molecule is c1ccc(C2(c3ncon3)CC2)cc1. The highest BCUT2D eigenvalue weighted by Crippen LogP contribution is 2.51. The normalized spacial score (nSPS) is 18.0. The van der Waals surface area contributed by atoms with E-state index in [0.717, 1.165) is 18.7 Å². The molecule has 1 aromatic heterocycles. The van der Waals surface area contributed by atoms with Crippen molar-refractivity contribution in [2.45, 2.75) is 18.3 Å². The Morgan fingerprint density at radius 2 is 1.93 bits per heavy atom. The Balaban J connectivity index is 2.07. The molecule has 0 radical (unpaired) electrons. The first-order valence-electron chi connectivity index (χ1n) is 4.74. The van der Waals surface area contributed by atoms with E-state index < -0.39 is 0 Å². The van der Waals surface area contributed by atoms with Crippen LogP contribution in [0.2, 0.25) is 0 Å². The van der Waals surface area contributed by atoms with Crippen molar-refractivity contribution in [3.8, 4) is 0 Å². The van der Waals surface area contributed by atoms with Crippen LogP contribution in [-0.2, 0) is 5.41 Å². The van der Waals surface area contributed by atoms with Gasteiger partial charge in [-0.1, -0.05) is 35.5 Å². The smallest absolute Gasteiger partial charge is 0.213 e. The van der Waals surface area contributed by atoms with Gasteiger partial charge in [0.1, 0.15) is 0 Å². The van der Waals surface area contributed by atoms with Crippen molar-refractivity contribution in [1.29, 1.82) is 0 Å². The standard InChI is InChI=1S/C11H10N2O/c1-2-4-9(5-3-1)11(6-7-11)10-12-8-14-13-10/h1-5,8H,6-7H2. The quantitative estimate of drug-likeness (QED) is 0.721. The molecule has 1 aromatic carbocycles. The molecule has 70 valence electrons. The van der Waals surface area contributed by atoms with Gasteiger partial charge in [-0.15, -0.1) is 0 Å². The van der Waals surface area contributed by atoms with Crippen molar-refractivity contribution in [3.05, 3.63) is 48.1 Å². The number of aromatic nitrogens is 2. The van der Waals surface area contributed by atoms with E-state index in [4.69, 9.17) is 4.52 Å². The van der Waals surface area contributed by atoms with Gasteiger partial charge in [0.2, 0.25) is 6.39 Å². The summed E-state index contributed by atoms with van der Waals surface area (Å²) in [5.74, 6) is 0.823. The van der Waals surface area contributed by atoms with Gasteiger partial charge in [0.15, 0.2) is 5.82 Å². The molecule has 0 spiro atoms. The maximum absolute atomic E-state index is 4.80. The molecule has 0 aliphatic heterocycles. The van der Waals surface area contributed by atoms with Crippen LogP contribution < -0.4 is 0 Å². The average Bonchev–Trinajstić information content (AvgIpc) is 2.88. The highest BCUT2D eigenvalue weighted by Gasteiger charge is 2.49. The maximum atomic E-state index is 4.80. The predicted molar refractivity (Wildman–Crippen MR) is 50.8 cm³/mol. The Kier molecular flexibility index (Phi) is 1.48. The van der Waals surface area contributed by atoms with Crippen molar-refractivity contribution in [3.63, 3.8) is 0 Å². The predicted octanol–water partition coefficient (Wildman–Crippen LogP) is 2.15. The molecule has 0 amide bonds. The molecular weight excluding hydrogens is 176 g/mol. The fourth-order valence-electron chi connectivity index (χ4n) is 1.91. The third-order valence-electron chi connectivity index (χ3n) is 2.87. The Morgan fingerprint density at radius 3 is 2.50 bits per heavy atom. The van der Waals surface area contributed by atoms with Crippen LogP contribution in [0.1, 0.15) is 24.2 Å². The second-order valence-corrected chi connectivity index (χ2v) is 3.70. The molecule has 1 aliphatic rings. The van der Waals surface area contributed by atoms with E-state index in [-0.39, 0.29) is 5.41 Å². The van der Waals surface area contributed by atoms with Gasteiger partial charge in [0.25, 0.3) is 0 Å². The number of rotatable bonds is 2. The summed E-state index contributed by atoms with van der Waals surface area (Å²) in [6.07, 6.45) is 3.64. The van der Waals surface area contributed by atoms with Crippen LogP contribution in [0.5, 0.6) is 0 Å². The molecule has 0 bridgehead atoms. The molecule has 0 atom stereocenters. The zero-order chi connectivity index (χ0) is 9.43.